The fraction of sp³-hybridized carbons (Fsp3) is 0.222. The third-order valence-electron chi connectivity index (χ3n) is 3.43. The average molecular weight is 361 g/mol. The standard InChI is InChI=1S/C18H17BrOS/c1-3-20-15-9-8-12(2)10-14(15)18(19)17-11-13-6-4-5-7-16(13)21-17/h4-11,18H,3H2,1-2H3. The number of hydrogen-bond donors (Lipinski definition) is 0. The molecule has 0 aliphatic rings. The molecule has 1 nitrogen and oxygen atoms in total. The van der Waals surface area contributed by atoms with Crippen molar-refractivity contribution in [2.45, 2.75) is 18.7 Å². The van der Waals surface area contributed by atoms with Gasteiger partial charge in [0, 0.05) is 15.1 Å². The zero-order chi connectivity index (χ0) is 14.8. The summed E-state index contributed by atoms with van der Waals surface area (Å²) in [5, 5.41) is 1.30. The zero-order valence-electron chi connectivity index (χ0n) is 12.1. The van der Waals surface area contributed by atoms with Crippen molar-refractivity contribution in [2.24, 2.45) is 0 Å². The van der Waals surface area contributed by atoms with Gasteiger partial charge in [0.15, 0.2) is 0 Å². The van der Waals surface area contributed by atoms with Gasteiger partial charge in [0.05, 0.1) is 11.4 Å². The highest BCUT2D eigenvalue weighted by molar-refractivity contribution is 9.09. The van der Waals surface area contributed by atoms with Gasteiger partial charge in [-0.3, -0.25) is 0 Å². The van der Waals surface area contributed by atoms with Crippen molar-refractivity contribution in [3.8, 4) is 5.75 Å². The number of aryl methyl sites for hydroxylation is 1. The maximum Gasteiger partial charge on any atom is 0.123 e. The maximum absolute atomic E-state index is 5.78. The predicted octanol–water partition coefficient (Wildman–Crippen LogP) is 6.09. The summed E-state index contributed by atoms with van der Waals surface area (Å²) in [6.45, 7) is 4.82. The minimum Gasteiger partial charge on any atom is -0.494 e. The Bertz CT molecular complexity index is 730. The number of rotatable bonds is 4. The van der Waals surface area contributed by atoms with Crippen molar-refractivity contribution < 1.29 is 4.74 Å². The number of fused-ring (bicyclic) bond motifs is 1. The van der Waals surface area contributed by atoms with Gasteiger partial charge in [0.1, 0.15) is 5.75 Å². The van der Waals surface area contributed by atoms with Gasteiger partial charge in [-0.1, -0.05) is 51.8 Å². The molecule has 0 spiro atoms. The Morgan fingerprint density at radius 1 is 1.14 bits per heavy atom. The third-order valence-corrected chi connectivity index (χ3v) is 5.90. The van der Waals surface area contributed by atoms with Crippen LogP contribution in [0.25, 0.3) is 10.1 Å². The number of ether oxygens (including phenoxy) is 1. The molecule has 0 aliphatic heterocycles. The van der Waals surface area contributed by atoms with Crippen LogP contribution in [-0.2, 0) is 0 Å². The van der Waals surface area contributed by atoms with Crippen LogP contribution in [0.4, 0.5) is 0 Å². The highest BCUT2D eigenvalue weighted by Crippen LogP contribution is 2.41. The van der Waals surface area contributed by atoms with Gasteiger partial charge < -0.3 is 4.74 Å². The molecule has 0 amide bonds. The van der Waals surface area contributed by atoms with E-state index < -0.39 is 0 Å². The second-order valence-corrected chi connectivity index (χ2v) is 7.05. The summed E-state index contributed by atoms with van der Waals surface area (Å²) in [7, 11) is 0. The Morgan fingerprint density at radius 3 is 2.71 bits per heavy atom. The Labute approximate surface area is 137 Å². The minimum absolute atomic E-state index is 0.163. The van der Waals surface area contributed by atoms with E-state index in [1.165, 1.54) is 26.1 Å². The highest BCUT2D eigenvalue weighted by Gasteiger charge is 2.18. The lowest BCUT2D eigenvalue weighted by Gasteiger charge is -2.15. The summed E-state index contributed by atoms with van der Waals surface area (Å²) < 4.78 is 7.11. The monoisotopic (exact) mass is 360 g/mol. The zero-order valence-corrected chi connectivity index (χ0v) is 14.5. The second kappa shape index (κ2) is 6.20. The molecule has 108 valence electrons. The summed E-state index contributed by atoms with van der Waals surface area (Å²) in [5.74, 6) is 0.961. The van der Waals surface area contributed by atoms with E-state index in [1.807, 2.05) is 18.3 Å². The third kappa shape index (κ3) is 2.99. The molecule has 0 aliphatic carbocycles. The Kier molecular flexibility index (Phi) is 4.32. The maximum atomic E-state index is 5.78. The molecule has 1 unspecified atom stereocenters. The van der Waals surface area contributed by atoms with Crippen molar-refractivity contribution in [2.75, 3.05) is 6.61 Å². The SMILES string of the molecule is CCOc1ccc(C)cc1C(Br)c1cc2ccccc2s1. The summed E-state index contributed by atoms with van der Waals surface area (Å²) in [6, 6.07) is 17.1. The molecule has 0 saturated heterocycles. The second-order valence-electron chi connectivity index (χ2n) is 5.02. The normalized spacial score (nSPS) is 12.5. The van der Waals surface area contributed by atoms with Gasteiger partial charge in [0.2, 0.25) is 0 Å². The first-order valence-corrected chi connectivity index (χ1v) is 8.78. The van der Waals surface area contributed by atoms with Crippen molar-refractivity contribution in [3.63, 3.8) is 0 Å². The van der Waals surface area contributed by atoms with Crippen LogP contribution >= 0.6 is 27.3 Å². The fourth-order valence-electron chi connectivity index (χ4n) is 2.43. The number of thiophene rings is 1. The number of hydrogen-bond acceptors (Lipinski definition) is 2. The van der Waals surface area contributed by atoms with Gasteiger partial charge in [-0.2, -0.15) is 0 Å². The molecular weight excluding hydrogens is 344 g/mol. The van der Waals surface area contributed by atoms with Crippen molar-refractivity contribution >= 4 is 37.4 Å². The highest BCUT2D eigenvalue weighted by atomic mass is 79.9. The van der Waals surface area contributed by atoms with E-state index in [4.69, 9.17) is 4.74 Å². The van der Waals surface area contributed by atoms with Gasteiger partial charge in [-0.05, 0) is 37.4 Å². The van der Waals surface area contributed by atoms with E-state index in [1.54, 1.807) is 0 Å². The molecule has 3 rings (SSSR count). The molecule has 0 saturated carbocycles. The summed E-state index contributed by atoms with van der Waals surface area (Å²) >= 11 is 5.69. The number of benzene rings is 2. The summed E-state index contributed by atoms with van der Waals surface area (Å²) in [5.41, 5.74) is 2.45. The molecule has 0 bridgehead atoms. The summed E-state index contributed by atoms with van der Waals surface area (Å²) in [4.78, 5) is 1.47. The van der Waals surface area contributed by atoms with Crippen LogP contribution in [0, 0.1) is 6.92 Å². The lowest BCUT2D eigenvalue weighted by Crippen LogP contribution is -1.99. The van der Waals surface area contributed by atoms with Crippen LogP contribution in [0.2, 0.25) is 0 Å². The van der Waals surface area contributed by atoms with E-state index in [9.17, 15) is 0 Å². The molecular formula is C18H17BrOS. The van der Waals surface area contributed by atoms with Crippen molar-refractivity contribution in [1.29, 1.82) is 0 Å². The molecule has 3 heteroatoms. The molecule has 0 radical (unpaired) electrons. The lowest BCUT2D eigenvalue weighted by molar-refractivity contribution is 0.337. The fourth-order valence-corrected chi connectivity index (χ4v) is 4.27. The first-order chi connectivity index (χ1) is 10.2. The van der Waals surface area contributed by atoms with E-state index in [-0.39, 0.29) is 4.83 Å². The Balaban J connectivity index is 2.04. The smallest absolute Gasteiger partial charge is 0.123 e. The van der Waals surface area contributed by atoms with E-state index >= 15 is 0 Å². The van der Waals surface area contributed by atoms with Crippen LogP contribution in [0.15, 0.2) is 48.5 Å². The average Bonchev–Trinajstić information content (AvgIpc) is 2.92. The minimum atomic E-state index is 0.163. The lowest BCUT2D eigenvalue weighted by atomic mass is 10.1. The largest absolute Gasteiger partial charge is 0.494 e. The van der Waals surface area contributed by atoms with Crippen LogP contribution < -0.4 is 4.74 Å². The van der Waals surface area contributed by atoms with Crippen LogP contribution in [0.5, 0.6) is 5.75 Å². The van der Waals surface area contributed by atoms with Crippen LogP contribution in [0.1, 0.15) is 27.8 Å². The predicted molar refractivity (Wildman–Crippen MR) is 94.9 cm³/mol. The van der Waals surface area contributed by atoms with Gasteiger partial charge in [-0.25, -0.2) is 0 Å². The molecule has 3 aromatic rings. The Morgan fingerprint density at radius 2 is 1.95 bits per heavy atom. The van der Waals surface area contributed by atoms with Gasteiger partial charge in [0.25, 0.3) is 0 Å². The Hall–Kier alpha value is -1.32. The molecule has 21 heavy (non-hydrogen) atoms. The van der Waals surface area contributed by atoms with Crippen LogP contribution in [0.3, 0.4) is 0 Å². The molecule has 1 aromatic heterocycles. The van der Waals surface area contributed by atoms with Crippen molar-refractivity contribution in [1.82, 2.24) is 0 Å². The van der Waals surface area contributed by atoms with Crippen LogP contribution in [-0.4, -0.2) is 6.61 Å². The van der Waals surface area contributed by atoms with E-state index in [0.717, 1.165) is 5.75 Å². The van der Waals surface area contributed by atoms with E-state index in [2.05, 4.69) is 71.4 Å². The topological polar surface area (TPSA) is 9.23 Å². The first kappa shape index (κ1) is 14.6. The van der Waals surface area contributed by atoms with Crippen molar-refractivity contribution in [3.05, 3.63) is 64.5 Å². The number of halogens is 1. The molecule has 0 fully saturated rings. The molecule has 2 aromatic carbocycles. The molecule has 0 N–H and O–H groups in total. The quantitative estimate of drug-likeness (QED) is 0.511. The summed E-state index contributed by atoms with van der Waals surface area (Å²) in [6.07, 6.45) is 0. The van der Waals surface area contributed by atoms with Gasteiger partial charge >= 0.3 is 0 Å². The first-order valence-electron chi connectivity index (χ1n) is 7.05. The van der Waals surface area contributed by atoms with E-state index in [0.29, 0.717) is 6.61 Å². The van der Waals surface area contributed by atoms with Gasteiger partial charge in [-0.15, -0.1) is 11.3 Å². The number of alkyl halides is 1. The molecule has 1 atom stereocenters. The molecule has 1 heterocycles.